The predicted octanol–water partition coefficient (Wildman–Crippen LogP) is 2.79. The van der Waals surface area contributed by atoms with Crippen molar-refractivity contribution in [3.8, 4) is 0 Å². The standard InChI is InChI=1S/C17H25N3O2S.ClH/c1-11(16(22)20-17(3,10-18)13-4-5-13)23-15-8-6-14(7-9-15)19-12(2)21;/h6-9,11,13H,4-5,10,18H2,1-3H3,(H,19,21)(H,20,22);1H. The molecule has 1 saturated carbocycles. The van der Waals surface area contributed by atoms with E-state index in [1.165, 1.54) is 18.7 Å². The van der Waals surface area contributed by atoms with Crippen LogP contribution in [0.2, 0.25) is 0 Å². The molecule has 24 heavy (non-hydrogen) atoms. The maximum absolute atomic E-state index is 12.4. The zero-order chi connectivity index (χ0) is 17.0. The minimum atomic E-state index is -0.291. The van der Waals surface area contributed by atoms with Gasteiger partial charge in [-0.25, -0.2) is 0 Å². The Morgan fingerprint density at radius 2 is 1.92 bits per heavy atom. The van der Waals surface area contributed by atoms with Gasteiger partial charge in [0, 0.05) is 24.1 Å². The molecule has 1 fully saturated rings. The number of hydrogen-bond acceptors (Lipinski definition) is 4. The van der Waals surface area contributed by atoms with E-state index in [4.69, 9.17) is 5.73 Å². The third-order valence-electron chi connectivity index (χ3n) is 4.17. The third kappa shape index (κ3) is 5.69. The lowest BCUT2D eigenvalue weighted by Crippen LogP contribution is -2.54. The molecule has 2 amide bonds. The fourth-order valence-corrected chi connectivity index (χ4v) is 3.37. The van der Waals surface area contributed by atoms with Crippen molar-refractivity contribution in [3.63, 3.8) is 0 Å². The molecule has 2 rings (SSSR count). The largest absolute Gasteiger partial charge is 0.348 e. The predicted molar refractivity (Wildman–Crippen MR) is 102 cm³/mol. The summed E-state index contributed by atoms with van der Waals surface area (Å²) < 4.78 is 0. The number of carbonyl (C=O) groups excluding carboxylic acids is 2. The number of amides is 2. The summed E-state index contributed by atoms with van der Waals surface area (Å²) in [5.41, 5.74) is 6.31. The Balaban J connectivity index is 0.00000288. The van der Waals surface area contributed by atoms with Crippen molar-refractivity contribution in [2.75, 3.05) is 11.9 Å². The molecule has 0 radical (unpaired) electrons. The Morgan fingerprint density at radius 1 is 1.33 bits per heavy atom. The van der Waals surface area contributed by atoms with Crippen molar-refractivity contribution in [2.24, 2.45) is 11.7 Å². The van der Waals surface area contributed by atoms with Crippen LogP contribution >= 0.6 is 24.2 Å². The van der Waals surface area contributed by atoms with E-state index in [0.717, 1.165) is 23.4 Å². The molecule has 0 spiro atoms. The quantitative estimate of drug-likeness (QED) is 0.643. The molecule has 134 valence electrons. The van der Waals surface area contributed by atoms with Crippen molar-refractivity contribution >= 4 is 41.7 Å². The van der Waals surface area contributed by atoms with Crippen LogP contribution in [0, 0.1) is 5.92 Å². The molecule has 7 heteroatoms. The molecule has 5 nitrogen and oxygen atoms in total. The van der Waals surface area contributed by atoms with E-state index in [2.05, 4.69) is 10.6 Å². The Hall–Kier alpha value is -1.24. The third-order valence-corrected chi connectivity index (χ3v) is 5.28. The SMILES string of the molecule is CC(=O)Nc1ccc(SC(C)C(=O)NC(C)(CN)C2CC2)cc1.Cl. The molecule has 0 aliphatic heterocycles. The summed E-state index contributed by atoms with van der Waals surface area (Å²) in [7, 11) is 0. The molecule has 2 unspecified atom stereocenters. The molecule has 1 aliphatic rings. The van der Waals surface area contributed by atoms with Crippen LogP contribution in [0.15, 0.2) is 29.2 Å². The molecule has 0 saturated heterocycles. The van der Waals surface area contributed by atoms with Crippen LogP contribution in [0.3, 0.4) is 0 Å². The number of thioether (sulfide) groups is 1. The van der Waals surface area contributed by atoms with Gasteiger partial charge in [-0.15, -0.1) is 24.2 Å². The van der Waals surface area contributed by atoms with Gasteiger partial charge in [0.05, 0.1) is 10.8 Å². The highest BCUT2D eigenvalue weighted by molar-refractivity contribution is 8.00. The van der Waals surface area contributed by atoms with E-state index >= 15 is 0 Å². The summed E-state index contributed by atoms with van der Waals surface area (Å²) in [5, 5.41) is 5.64. The van der Waals surface area contributed by atoms with Gasteiger partial charge in [-0.1, -0.05) is 0 Å². The Morgan fingerprint density at radius 3 is 2.38 bits per heavy atom. The second kappa shape index (κ2) is 8.74. The fourth-order valence-electron chi connectivity index (χ4n) is 2.50. The second-order valence-corrected chi connectivity index (χ2v) is 7.76. The fraction of sp³-hybridized carbons (Fsp3) is 0.529. The summed E-state index contributed by atoms with van der Waals surface area (Å²) in [4.78, 5) is 24.4. The van der Waals surface area contributed by atoms with E-state index in [-0.39, 0.29) is 35.0 Å². The van der Waals surface area contributed by atoms with Gasteiger partial charge in [-0.3, -0.25) is 9.59 Å². The van der Waals surface area contributed by atoms with E-state index in [1.807, 2.05) is 38.1 Å². The molecule has 0 heterocycles. The van der Waals surface area contributed by atoms with Crippen molar-refractivity contribution in [2.45, 2.75) is 49.3 Å². The number of halogens is 1. The first-order valence-corrected chi connectivity index (χ1v) is 8.78. The molecule has 0 aromatic heterocycles. The summed E-state index contributed by atoms with van der Waals surface area (Å²) in [6, 6.07) is 7.48. The lowest BCUT2D eigenvalue weighted by Gasteiger charge is -2.30. The van der Waals surface area contributed by atoms with E-state index in [9.17, 15) is 9.59 Å². The monoisotopic (exact) mass is 371 g/mol. The highest BCUT2D eigenvalue weighted by Gasteiger charge is 2.42. The smallest absolute Gasteiger partial charge is 0.233 e. The first-order valence-electron chi connectivity index (χ1n) is 7.90. The summed E-state index contributed by atoms with van der Waals surface area (Å²) in [6.45, 7) is 5.86. The average molecular weight is 372 g/mol. The summed E-state index contributed by atoms with van der Waals surface area (Å²) >= 11 is 1.50. The number of carbonyl (C=O) groups is 2. The van der Waals surface area contributed by atoms with Gasteiger partial charge in [0.25, 0.3) is 0 Å². The van der Waals surface area contributed by atoms with Gasteiger partial charge in [0.1, 0.15) is 0 Å². The first-order chi connectivity index (χ1) is 10.8. The Labute approximate surface area is 153 Å². The van der Waals surface area contributed by atoms with Gasteiger partial charge in [0.2, 0.25) is 11.8 Å². The highest BCUT2D eigenvalue weighted by Crippen LogP contribution is 2.39. The van der Waals surface area contributed by atoms with Crippen LogP contribution in [-0.4, -0.2) is 29.1 Å². The lowest BCUT2D eigenvalue weighted by molar-refractivity contribution is -0.122. The number of benzene rings is 1. The molecular weight excluding hydrogens is 346 g/mol. The van der Waals surface area contributed by atoms with Crippen molar-refractivity contribution in [1.29, 1.82) is 0 Å². The van der Waals surface area contributed by atoms with E-state index < -0.39 is 0 Å². The number of nitrogens with two attached hydrogens (primary N) is 1. The van der Waals surface area contributed by atoms with Crippen LogP contribution < -0.4 is 16.4 Å². The van der Waals surface area contributed by atoms with Crippen molar-refractivity contribution in [1.82, 2.24) is 5.32 Å². The van der Waals surface area contributed by atoms with Gasteiger partial charge in [-0.05, 0) is 56.9 Å². The minimum Gasteiger partial charge on any atom is -0.348 e. The first kappa shape index (κ1) is 20.8. The number of rotatable bonds is 7. The van der Waals surface area contributed by atoms with E-state index in [1.54, 1.807) is 0 Å². The zero-order valence-electron chi connectivity index (χ0n) is 14.3. The second-order valence-electron chi connectivity index (χ2n) is 6.35. The van der Waals surface area contributed by atoms with Gasteiger partial charge in [-0.2, -0.15) is 0 Å². The Bertz CT molecular complexity index is 578. The van der Waals surface area contributed by atoms with Crippen molar-refractivity contribution < 1.29 is 9.59 Å². The van der Waals surface area contributed by atoms with Crippen molar-refractivity contribution in [3.05, 3.63) is 24.3 Å². The topological polar surface area (TPSA) is 84.2 Å². The van der Waals surface area contributed by atoms with Crippen LogP contribution in [0.4, 0.5) is 5.69 Å². The van der Waals surface area contributed by atoms with Gasteiger partial charge in [0.15, 0.2) is 0 Å². The minimum absolute atomic E-state index is 0. The van der Waals surface area contributed by atoms with Gasteiger partial charge >= 0.3 is 0 Å². The summed E-state index contributed by atoms with van der Waals surface area (Å²) in [6.07, 6.45) is 2.28. The maximum Gasteiger partial charge on any atom is 0.233 e. The maximum atomic E-state index is 12.4. The number of nitrogens with one attached hydrogen (secondary N) is 2. The van der Waals surface area contributed by atoms with Crippen LogP contribution in [0.1, 0.15) is 33.6 Å². The molecular formula is C17H26ClN3O2S. The van der Waals surface area contributed by atoms with Crippen LogP contribution in [0.25, 0.3) is 0 Å². The van der Waals surface area contributed by atoms with Crippen LogP contribution in [0.5, 0.6) is 0 Å². The Kier molecular flexibility index (Phi) is 7.57. The highest BCUT2D eigenvalue weighted by atomic mass is 35.5. The molecule has 0 bridgehead atoms. The molecule has 4 N–H and O–H groups in total. The molecule has 1 aromatic carbocycles. The number of hydrogen-bond donors (Lipinski definition) is 3. The number of anilines is 1. The molecule has 2 atom stereocenters. The average Bonchev–Trinajstić information content (AvgIpc) is 3.33. The summed E-state index contributed by atoms with van der Waals surface area (Å²) in [5.74, 6) is 0.422. The lowest BCUT2D eigenvalue weighted by atomic mass is 9.96. The van der Waals surface area contributed by atoms with Crippen LogP contribution in [-0.2, 0) is 9.59 Å². The zero-order valence-corrected chi connectivity index (χ0v) is 15.9. The molecule has 1 aromatic rings. The molecule has 1 aliphatic carbocycles. The van der Waals surface area contributed by atoms with Gasteiger partial charge < -0.3 is 16.4 Å². The van der Waals surface area contributed by atoms with E-state index in [0.29, 0.717) is 12.5 Å². The normalized spacial score (nSPS) is 17.2.